The summed E-state index contributed by atoms with van der Waals surface area (Å²) in [6.45, 7) is 4.67. The first-order valence-corrected chi connectivity index (χ1v) is 7.93. The molecule has 1 N–H and O–H groups in total. The van der Waals surface area contributed by atoms with Crippen molar-refractivity contribution < 1.29 is 4.74 Å². The number of aromatic nitrogens is 3. The largest absolute Gasteiger partial charge is 0.379 e. The van der Waals surface area contributed by atoms with Crippen molar-refractivity contribution in [1.82, 2.24) is 20.1 Å². The van der Waals surface area contributed by atoms with E-state index < -0.39 is 0 Å². The van der Waals surface area contributed by atoms with Gasteiger partial charge in [0.2, 0.25) is 0 Å². The second-order valence-electron chi connectivity index (χ2n) is 5.10. The average molecular weight is 292 g/mol. The van der Waals surface area contributed by atoms with Gasteiger partial charge in [-0.3, -0.25) is 4.68 Å². The lowest BCUT2D eigenvalue weighted by Crippen LogP contribution is -2.35. The minimum atomic E-state index is 0.285. The van der Waals surface area contributed by atoms with Crippen LogP contribution in [0.3, 0.4) is 0 Å². The van der Waals surface area contributed by atoms with E-state index in [1.807, 2.05) is 17.8 Å². The van der Waals surface area contributed by atoms with Gasteiger partial charge in [0.15, 0.2) is 5.82 Å². The molecular formula is C14H20N4OS. The van der Waals surface area contributed by atoms with Gasteiger partial charge in [0.25, 0.3) is 0 Å². The van der Waals surface area contributed by atoms with Gasteiger partial charge in [-0.15, -0.1) is 11.3 Å². The van der Waals surface area contributed by atoms with Crippen LogP contribution >= 0.6 is 11.3 Å². The zero-order chi connectivity index (χ0) is 13.9. The number of ether oxygens (including phenoxy) is 1. The van der Waals surface area contributed by atoms with Crippen molar-refractivity contribution in [3.63, 3.8) is 0 Å². The fraction of sp³-hybridized carbons (Fsp3) is 0.571. The Labute approximate surface area is 123 Å². The highest BCUT2D eigenvalue weighted by atomic mass is 32.1. The first-order chi connectivity index (χ1) is 9.79. The summed E-state index contributed by atoms with van der Waals surface area (Å²) < 4.78 is 7.53. The summed E-state index contributed by atoms with van der Waals surface area (Å²) in [5.74, 6) is 2.12. The van der Waals surface area contributed by atoms with E-state index >= 15 is 0 Å². The Bertz CT molecular complexity index is 552. The van der Waals surface area contributed by atoms with Crippen LogP contribution in [0, 0.1) is 0 Å². The third-order valence-corrected chi connectivity index (χ3v) is 4.47. The van der Waals surface area contributed by atoms with Crippen LogP contribution in [-0.4, -0.2) is 40.6 Å². The third-order valence-electron chi connectivity index (χ3n) is 3.61. The molecule has 1 aliphatic rings. The molecule has 2 aromatic rings. The predicted molar refractivity (Wildman–Crippen MR) is 80.0 cm³/mol. The topological polar surface area (TPSA) is 52.0 Å². The van der Waals surface area contributed by atoms with Gasteiger partial charge in [0, 0.05) is 13.1 Å². The molecule has 2 atom stereocenters. The predicted octanol–water partition coefficient (Wildman–Crippen LogP) is 2.03. The van der Waals surface area contributed by atoms with Crippen molar-refractivity contribution in [2.24, 2.45) is 7.05 Å². The van der Waals surface area contributed by atoms with Gasteiger partial charge in [-0.2, -0.15) is 5.10 Å². The van der Waals surface area contributed by atoms with Crippen LogP contribution in [0.4, 0.5) is 0 Å². The van der Waals surface area contributed by atoms with Gasteiger partial charge in [-0.25, -0.2) is 4.98 Å². The smallest absolute Gasteiger partial charge is 0.191 e. The molecule has 1 saturated heterocycles. The summed E-state index contributed by atoms with van der Waals surface area (Å²) in [5.41, 5.74) is 0. The highest BCUT2D eigenvalue weighted by Gasteiger charge is 2.33. The average Bonchev–Trinajstić information content (AvgIpc) is 3.16. The maximum Gasteiger partial charge on any atom is 0.191 e. The lowest BCUT2D eigenvalue weighted by molar-refractivity contribution is 0.187. The lowest BCUT2D eigenvalue weighted by Gasteiger charge is -2.17. The second kappa shape index (κ2) is 6.03. The molecule has 0 bridgehead atoms. The summed E-state index contributed by atoms with van der Waals surface area (Å²) in [7, 11) is 1.97. The van der Waals surface area contributed by atoms with Crippen LogP contribution in [0.25, 0.3) is 10.7 Å². The molecule has 3 rings (SSSR count). The fourth-order valence-corrected chi connectivity index (χ4v) is 3.22. The molecule has 0 saturated carbocycles. The molecule has 0 spiro atoms. The van der Waals surface area contributed by atoms with Crippen LogP contribution in [-0.2, 0) is 11.8 Å². The van der Waals surface area contributed by atoms with E-state index in [2.05, 4.69) is 28.8 Å². The maximum atomic E-state index is 5.64. The molecule has 2 aromatic heterocycles. The number of rotatable bonds is 5. The molecule has 3 heterocycles. The number of thiophene rings is 1. The monoisotopic (exact) mass is 292 g/mol. The molecule has 5 nitrogen and oxygen atoms in total. The molecule has 1 fully saturated rings. The molecule has 1 aliphatic heterocycles. The van der Waals surface area contributed by atoms with Gasteiger partial charge in [0.1, 0.15) is 5.82 Å². The first kappa shape index (κ1) is 13.7. The van der Waals surface area contributed by atoms with E-state index in [1.54, 1.807) is 11.3 Å². The van der Waals surface area contributed by atoms with Crippen molar-refractivity contribution in [3.05, 3.63) is 23.3 Å². The number of hydrogen-bond donors (Lipinski definition) is 1. The van der Waals surface area contributed by atoms with Crippen molar-refractivity contribution in [2.75, 3.05) is 19.8 Å². The van der Waals surface area contributed by atoms with Gasteiger partial charge in [-0.05, 0) is 24.4 Å². The molecule has 20 heavy (non-hydrogen) atoms. The number of nitrogens with zero attached hydrogens (tertiary/aromatic N) is 3. The van der Waals surface area contributed by atoms with E-state index in [-0.39, 0.29) is 5.92 Å². The molecule has 6 heteroatoms. The Balaban J connectivity index is 1.82. The SMILES string of the molecule is CCCNC1COCC1c1nc(-c2cccs2)nn1C. The Morgan fingerprint density at radius 2 is 2.40 bits per heavy atom. The summed E-state index contributed by atoms with van der Waals surface area (Å²) in [6.07, 6.45) is 1.13. The van der Waals surface area contributed by atoms with Gasteiger partial charge in [-0.1, -0.05) is 13.0 Å². The van der Waals surface area contributed by atoms with Crippen molar-refractivity contribution in [2.45, 2.75) is 25.3 Å². The molecule has 0 aliphatic carbocycles. The molecule has 108 valence electrons. The van der Waals surface area contributed by atoms with Crippen molar-refractivity contribution in [3.8, 4) is 10.7 Å². The quantitative estimate of drug-likeness (QED) is 0.916. The lowest BCUT2D eigenvalue weighted by atomic mass is 10.0. The van der Waals surface area contributed by atoms with E-state index in [4.69, 9.17) is 9.72 Å². The zero-order valence-electron chi connectivity index (χ0n) is 11.9. The maximum absolute atomic E-state index is 5.64. The number of aryl methyl sites for hydroxylation is 1. The van der Waals surface area contributed by atoms with Crippen LogP contribution < -0.4 is 5.32 Å². The summed E-state index contributed by atoms with van der Waals surface area (Å²) in [5, 5.41) is 10.1. The first-order valence-electron chi connectivity index (χ1n) is 7.05. The Kier molecular flexibility index (Phi) is 4.14. The fourth-order valence-electron chi connectivity index (χ4n) is 2.57. The Morgan fingerprint density at radius 1 is 1.50 bits per heavy atom. The molecule has 0 aromatic carbocycles. The van der Waals surface area contributed by atoms with E-state index in [1.165, 1.54) is 0 Å². The molecule has 0 amide bonds. The second-order valence-corrected chi connectivity index (χ2v) is 6.05. The van der Waals surface area contributed by atoms with Gasteiger partial charge < -0.3 is 10.1 Å². The standard InChI is InChI=1S/C14H20N4OS/c1-3-6-15-11-9-19-8-10(11)14-16-13(17-18(14)2)12-5-4-7-20-12/h4-5,7,10-11,15H,3,6,8-9H2,1-2H3. The van der Waals surface area contributed by atoms with Crippen LogP contribution in [0.15, 0.2) is 17.5 Å². The zero-order valence-corrected chi connectivity index (χ0v) is 12.7. The van der Waals surface area contributed by atoms with Crippen molar-refractivity contribution >= 4 is 11.3 Å². The summed E-state index contributed by atoms with van der Waals surface area (Å²) in [6, 6.07) is 4.43. The van der Waals surface area contributed by atoms with Gasteiger partial charge >= 0.3 is 0 Å². The highest BCUT2D eigenvalue weighted by Crippen LogP contribution is 2.27. The molecule has 0 radical (unpaired) electrons. The van der Waals surface area contributed by atoms with E-state index in [0.29, 0.717) is 6.04 Å². The summed E-state index contributed by atoms with van der Waals surface area (Å²) >= 11 is 1.67. The Hall–Kier alpha value is -1.24. The summed E-state index contributed by atoms with van der Waals surface area (Å²) in [4.78, 5) is 5.85. The van der Waals surface area contributed by atoms with E-state index in [0.717, 1.165) is 42.7 Å². The van der Waals surface area contributed by atoms with Crippen LogP contribution in [0.1, 0.15) is 25.1 Å². The third kappa shape index (κ3) is 2.63. The normalized spacial score (nSPS) is 22.5. The number of hydrogen-bond acceptors (Lipinski definition) is 5. The van der Waals surface area contributed by atoms with Crippen molar-refractivity contribution in [1.29, 1.82) is 0 Å². The Morgan fingerprint density at radius 3 is 3.15 bits per heavy atom. The van der Waals surface area contributed by atoms with Gasteiger partial charge in [0.05, 0.1) is 24.0 Å². The molecular weight excluding hydrogens is 272 g/mol. The van der Waals surface area contributed by atoms with Crippen LogP contribution in [0.5, 0.6) is 0 Å². The molecule has 2 unspecified atom stereocenters. The number of nitrogens with one attached hydrogen (secondary N) is 1. The highest BCUT2D eigenvalue weighted by molar-refractivity contribution is 7.13. The van der Waals surface area contributed by atoms with Crippen LogP contribution in [0.2, 0.25) is 0 Å². The minimum Gasteiger partial charge on any atom is -0.379 e. The minimum absolute atomic E-state index is 0.285. The van der Waals surface area contributed by atoms with E-state index in [9.17, 15) is 0 Å².